The van der Waals surface area contributed by atoms with Crippen LogP contribution >= 0.6 is 0 Å². The van der Waals surface area contributed by atoms with Gasteiger partial charge in [0.25, 0.3) is 0 Å². The molecule has 9 heteroatoms. The molecular formula is C27H35BN4O4. The van der Waals surface area contributed by atoms with E-state index in [0.29, 0.717) is 0 Å². The fourth-order valence-electron chi connectivity index (χ4n) is 5.16. The highest BCUT2D eigenvalue weighted by Crippen LogP contribution is 2.38. The number of ether oxygens (including phenoxy) is 2. The molecule has 0 radical (unpaired) electrons. The van der Waals surface area contributed by atoms with E-state index < -0.39 is 18.3 Å². The molecule has 6 rings (SSSR count). The molecule has 3 aromatic rings. The van der Waals surface area contributed by atoms with Crippen molar-refractivity contribution in [3.8, 4) is 11.3 Å². The molecule has 190 valence electrons. The highest BCUT2D eigenvalue weighted by molar-refractivity contribution is 6.62. The Bertz CT molecular complexity index is 1230. The number of hydrogen-bond donors (Lipinski definition) is 0. The van der Waals surface area contributed by atoms with Crippen LogP contribution in [-0.4, -0.2) is 66.0 Å². The van der Waals surface area contributed by atoms with Gasteiger partial charge in [0.2, 0.25) is 0 Å². The summed E-state index contributed by atoms with van der Waals surface area (Å²) in [5, 5.41) is 6.20. The molecule has 1 atom stereocenters. The predicted octanol–water partition coefficient (Wildman–Crippen LogP) is 3.93. The summed E-state index contributed by atoms with van der Waals surface area (Å²) in [6.45, 7) is 12.2. The maximum absolute atomic E-state index is 6.36. The first-order valence-electron chi connectivity index (χ1n) is 13.1. The quantitative estimate of drug-likeness (QED) is 0.514. The van der Waals surface area contributed by atoms with E-state index in [9.17, 15) is 0 Å². The van der Waals surface area contributed by atoms with Gasteiger partial charge in [-0.05, 0) is 70.6 Å². The summed E-state index contributed by atoms with van der Waals surface area (Å²) in [7, 11) is -0.428. The predicted molar refractivity (Wildman–Crippen MR) is 141 cm³/mol. The van der Waals surface area contributed by atoms with Crippen LogP contribution in [0.25, 0.3) is 22.2 Å². The standard InChI is InChI=1S/C27H35BN4O4/c1-26(2)27(3,4)36-28(35-26)20-8-9-22-21(18-20)25(30-32(22)24-7-5-6-14-34-24)19-10-11-29-23(17-19)31-12-15-33-16-13-31/h8-11,17-18,24H,5-7,12-16H2,1-4H3. The van der Waals surface area contributed by atoms with Crippen LogP contribution < -0.4 is 10.4 Å². The molecule has 3 aliphatic rings. The molecule has 5 heterocycles. The average molecular weight is 490 g/mol. The van der Waals surface area contributed by atoms with Crippen LogP contribution in [0.3, 0.4) is 0 Å². The van der Waals surface area contributed by atoms with Crippen molar-refractivity contribution in [2.24, 2.45) is 0 Å². The molecule has 0 spiro atoms. The molecule has 3 fully saturated rings. The van der Waals surface area contributed by atoms with Crippen molar-refractivity contribution in [3.63, 3.8) is 0 Å². The normalized spacial score (nSPS) is 23.9. The van der Waals surface area contributed by atoms with Crippen LogP contribution in [0.2, 0.25) is 0 Å². The van der Waals surface area contributed by atoms with Crippen LogP contribution in [-0.2, 0) is 18.8 Å². The van der Waals surface area contributed by atoms with Gasteiger partial charge >= 0.3 is 7.12 Å². The molecule has 3 saturated heterocycles. The molecule has 0 N–H and O–H groups in total. The highest BCUT2D eigenvalue weighted by atomic mass is 16.7. The molecule has 0 amide bonds. The van der Waals surface area contributed by atoms with E-state index >= 15 is 0 Å². The van der Waals surface area contributed by atoms with Crippen molar-refractivity contribution < 1.29 is 18.8 Å². The molecule has 36 heavy (non-hydrogen) atoms. The zero-order chi connectivity index (χ0) is 24.9. The minimum Gasteiger partial charge on any atom is -0.399 e. The molecule has 3 aliphatic heterocycles. The second-order valence-electron chi connectivity index (χ2n) is 11.0. The maximum atomic E-state index is 6.36. The van der Waals surface area contributed by atoms with Gasteiger partial charge in [-0.3, -0.25) is 0 Å². The fraction of sp³-hybridized carbons (Fsp3) is 0.556. The summed E-state index contributed by atoms with van der Waals surface area (Å²) in [4.78, 5) is 6.92. The number of morpholine rings is 1. The van der Waals surface area contributed by atoms with E-state index in [4.69, 9.17) is 23.9 Å². The van der Waals surface area contributed by atoms with Crippen LogP contribution in [0.1, 0.15) is 53.2 Å². The fourth-order valence-corrected chi connectivity index (χ4v) is 5.16. The Morgan fingerprint density at radius 2 is 1.72 bits per heavy atom. The van der Waals surface area contributed by atoms with Gasteiger partial charge in [-0.1, -0.05) is 12.1 Å². The van der Waals surface area contributed by atoms with Crippen LogP contribution in [0, 0.1) is 0 Å². The topological polar surface area (TPSA) is 70.9 Å². The number of pyridine rings is 1. The van der Waals surface area contributed by atoms with E-state index in [0.717, 1.165) is 85.6 Å². The van der Waals surface area contributed by atoms with Crippen molar-refractivity contribution in [1.29, 1.82) is 0 Å². The largest absolute Gasteiger partial charge is 0.494 e. The Labute approximate surface area is 213 Å². The summed E-state index contributed by atoms with van der Waals surface area (Å²) in [6, 6.07) is 10.6. The maximum Gasteiger partial charge on any atom is 0.494 e. The number of benzene rings is 1. The minimum atomic E-state index is -0.428. The second kappa shape index (κ2) is 9.13. The summed E-state index contributed by atoms with van der Waals surface area (Å²) in [5.74, 6) is 0.953. The van der Waals surface area contributed by atoms with Gasteiger partial charge in [-0.15, -0.1) is 0 Å². The lowest BCUT2D eigenvalue weighted by Crippen LogP contribution is -2.41. The van der Waals surface area contributed by atoms with E-state index in [1.54, 1.807) is 0 Å². The number of anilines is 1. The lowest BCUT2D eigenvalue weighted by atomic mass is 9.78. The third-order valence-corrected chi connectivity index (χ3v) is 8.04. The van der Waals surface area contributed by atoms with Gasteiger partial charge in [0, 0.05) is 36.8 Å². The van der Waals surface area contributed by atoms with E-state index in [1.807, 2.05) is 12.3 Å². The molecule has 1 aromatic carbocycles. The van der Waals surface area contributed by atoms with Crippen molar-refractivity contribution in [1.82, 2.24) is 14.8 Å². The van der Waals surface area contributed by atoms with Crippen molar-refractivity contribution >= 4 is 29.3 Å². The molecular weight excluding hydrogens is 455 g/mol. The molecule has 1 unspecified atom stereocenters. The van der Waals surface area contributed by atoms with Gasteiger partial charge in [-0.25, -0.2) is 9.67 Å². The first-order valence-corrected chi connectivity index (χ1v) is 13.1. The lowest BCUT2D eigenvalue weighted by molar-refractivity contribution is -0.0365. The Balaban J connectivity index is 1.44. The summed E-state index contributed by atoms with van der Waals surface area (Å²) < 4.78 is 26.5. The summed E-state index contributed by atoms with van der Waals surface area (Å²) >= 11 is 0. The molecule has 0 bridgehead atoms. The average Bonchev–Trinajstić information content (AvgIpc) is 3.38. The molecule has 0 aliphatic carbocycles. The smallest absolute Gasteiger partial charge is 0.399 e. The highest BCUT2D eigenvalue weighted by Gasteiger charge is 2.51. The molecule has 0 saturated carbocycles. The zero-order valence-electron chi connectivity index (χ0n) is 21.7. The number of nitrogens with zero attached hydrogens (tertiary/aromatic N) is 4. The van der Waals surface area contributed by atoms with Crippen LogP contribution in [0.5, 0.6) is 0 Å². The van der Waals surface area contributed by atoms with Crippen LogP contribution in [0.4, 0.5) is 5.82 Å². The van der Waals surface area contributed by atoms with Crippen molar-refractivity contribution in [3.05, 3.63) is 36.5 Å². The number of fused-ring (bicyclic) bond motifs is 1. The van der Waals surface area contributed by atoms with Gasteiger partial charge in [-0.2, -0.15) is 5.10 Å². The van der Waals surface area contributed by atoms with E-state index in [1.165, 1.54) is 0 Å². The first kappa shape index (κ1) is 23.9. The SMILES string of the molecule is CC1(C)OB(c2ccc3c(c2)c(-c2ccnc(N4CCOCC4)c2)nn3C2CCCCO2)OC1(C)C. The Kier molecular flexibility index (Phi) is 6.07. The van der Waals surface area contributed by atoms with E-state index in [-0.39, 0.29) is 6.23 Å². The van der Waals surface area contributed by atoms with Gasteiger partial charge < -0.3 is 23.7 Å². The summed E-state index contributed by atoms with van der Waals surface area (Å²) in [6.07, 6.45) is 5.02. The van der Waals surface area contributed by atoms with Gasteiger partial charge in [0.1, 0.15) is 11.5 Å². The number of aromatic nitrogens is 3. The third kappa shape index (κ3) is 4.22. The number of hydrogen-bond acceptors (Lipinski definition) is 7. The monoisotopic (exact) mass is 490 g/mol. The lowest BCUT2D eigenvalue weighted by Gasteiger charge is -2.32. The molecule has 8 nitrogen and oxygen atoms in total. The Morgan fingerprint density at radius 3 is 2.44 bits per heavy atom. The third-order valence-electron chi connectivity index (χ3n) is 8.04. The first-order chi connectivity index (χ1) is 17.3. The van der Waals surface area contributed by atoms with E-state index in [2.05, 4.69) is 66.5 Å². The second-order valence-corrected chi connectivity index (χ2v) is 11.0. The minimum absolute atomic E-state index is 0.0572. The Morgan fingerprint density at radius 1 is 0.944 bits per heavy atom. The number of rotatable bonds is 4. The van der Waals surface area contributed by atoms with Crippen LogP contribution in [0.15, 0.2) is 36.5 Å². The zero-order valence-corrected chi connectivity index (χ0v) is 21.7. The van der Waals surface area contributed by atoms with Crippen molar-refractivity contribution in [2.45, 2.75) is 64.4 Å². The van der Waals surface area contributed by atoms with Crippen molar-refractivity contribution in [2.75, 3.05) is 37.8 Å². The van der Waals surface area contributed by atoms with Gasteiger partial charge in [0.15, 0.2) is 6.23 Å². The Hall–Kier alpha value is -2.46. The molecule has 2 aromatic heterocycles. The van der Waals surface area contributed by atoms with Gasteiger partial charge in [0.05, 0.1) is 29.9 Å². The summed E-state index contributed by atoms with van der Waals surface area (Å²) in [5.41, 5.74) is 3.23.